The van der Waals surface area contributed by atoms with Crippen molar-refractivity contribution in [3.05, 3.63) is 73.2 Å². The Hall–Kier alpha value is -1.89. The van der Waals surface area contributed by atoms with Crippen LogP contribution in [0.1, 0.15) is 41.2 Å². The van der Waals surface area contributed by atoms with Gasteiger partial charge in [0.15, 0.2) is 11.5 Å². The van der Waals surface area contributed by atoms with Crippen LogP contribution in [0.5, 0.6) is 11.5 Å². The fourth-order valence-electron chi connectivity index (χ4n) is 6.01. The number of hydrogen-bond donors (Lipinski definition) is 1. The Morgan fingerprint density at radius 1 is 1.12 bits per heavy atom. The summed E-state index contributed by atoms with van der Waals surface area (Å²) in [5, 5.41) is 2.38. The maximum absolute atomic E-state index is 12.2. The fourth-order valence-corrected chi connectivity index (χ4v) is 9.11. The Balaban J connectivity index is 1.34. The minimum absolute atomic E-state index is 0.0493. The number of thiazole rings is 1. The molecule has 3 aromatic rings. The third-order valence-electron chi connectivity index (χ3n) is 7.30. The average Bonchev–Trinajstić information content (AvgIpc) is 3.50. The number of nitrogens with one attached hydrogen (secondary N) is 1. The van der Waals surface area contributed by atoms with Crippen LogP contribution in [0, 0.1) is 17.8 Å². The SMILES string of the molecule is COc1cc([C@@H]2c3sc(=O)[nH]c3S[C@H]3[C@@H]4CC[C@H](C4)[C@H]23)ccc1OCc1cccc(Cl)c1. The average molecular weight is 486 g/mol. The molecule has 2 aromatic carbocycles. The Kier molecular flexibility index (Phi) is 5.27. The van der Waals surface area contributed by atoms with Crippen LogP contribution in [0.3, 0.4) is 0 Å². The van der Waals surface area contributed by atoms with Crippen molar-refractivity contribution in [2.24, 2.45) is 17.8 Å². The number of H-pyrrole nitrogens is 1. The maximum Gasteiger partial charge on any atom is 0.305 e. The number of hydrogen-bond acceptors (Lipinski definition) is 5. The summed E-state index contributed by atoms with van der Waals surface area (Å²) >= 11 is 9.40. The Bertz CT molecular complexity index is 1220. The number of rotatable bonds is 5. The topological polar surface area (TPSA) is 51.3 Å². The minimum Gasteiger partial charge on any atom is -0.493 e. The van der Waals surface area contributed by atoms with Crippen LogP contribution in [0.2, 0.25) is 5.02 Å². The van der Waals surface area contributed by atoms with Crippen LogP contribution in [0.25, 0.3) is 0 Å². The van der Waals surface area contributed by atoms with E-state index in [-0.39, 0.29) is 10.8 Å². The van der Waals surface area contributed by atoms with Gasteiger partial charge in [0.05, 0.1) is 12.1 Å². The number of aromatic nitrogens is 1. The number of aromatic amines is 1. The van der Waals surface area contributed by atoms with Gasteiger partial charge in [-0.15, -0.1) is 11.8 Å². The lowest BCUT2D eigenvalue weighted by molar-refractivity contribution is 0.282. The molecule has 0 spiro atoms. The van der Waals surface area contributed by atoms with Gasteiger partial charge >= 0.3 is 4.87 Å². The predicted octanol–water partition coefficient (Wildman–Crippen LogP) is 6.33. The van der Waals surface area contributed by atoms with E-state index in [4.69, 9.17) is 21.1 Å². The first-order valence-corrected chi connectivity index (χ1v) is 13.1. The van der Waals surface area contributed by atoms with E-state index in [1.807, 2.05) is 42.1 Å². The second kappa shape index (κ2) is 8.15. The van der Waals surface area contributed by atoms with Gasteiger partial charge in [-0.3, -0.25) is 4.79 Å². The van der Waals surface area contributed by atoms with E-state index in [1.54, 1.807) is 7.11 Å². The molecule has 2 bridgehead atoms. The van der Waals surface area contributed by atoms with Gasteiger partial charge in [-0.25, -0.2) is 0 Å². The number of ether oxygens (including phenoxy) is 2. The van der Waals surface area contributed by atoms with E-state index in [1.165, 1.54) is 41.0 Å². The first-order chi connectivity index (χ1) is 15.6. The lowest BCUT2D eigenvalue weighted by Gasteiger charge is -2.40. The summed E-state index contributed by atoms with van der Waals surface area (Å²) in [7, 11) is 1.68. The zero-order valence-corrected chi connectivity index (χ0v) is 20.1. The molecular weight excluding hydrogens is 462 g/mol. The van der Waals surface area contributed by atoms with Gasteiger partial charge in [0.2, 0.25) is 0 Å². The van der Waals surface area contributed by atoms with Crippen molar-refractivity contribution >= 4 is 34.7 Å². The molecule has 32 heavy (non-hydrogen) atoms. The molecule has 0 saturated heterocycles. The summed E-state index contributed by atoms with van der Waals surface area (Å²) in [6.07, 6.45) is 3.97. The van der Waals surface area contributed by atoms with Gasteiger partial charge in [-0.05, 0) is 72.4 Å². The first kappa shape index (κ1) is 20.7. The third kappa shape index (κ3) is 3.47. The van der Waals surface area contributed by atoms with E-state index in [0.717, 1.165) is 28.2 Å². The van der Waals surface area contributed by atoms with Crippen LogP contribution in [0.15, 0.2) is 52.3 Å². The molecule has 0 unspecified atom stereocenters. The van der Waals surface area contributed by atoms with Crippen molar-refractivity contribution in [2.45, 2.75) is 42.1 Å². The summed E-state index contributed by atoms with van der Waals surface area (Å²) in [4.78, 5) is 16.6. The number of fused-ring (bicyclic) bond motifs is 6. The van der Waals surface area contributed by atoms with Gasteiger partial charge in [-0.1, -0.05) is 41.1 Å². The summed E-state index contributed by atoms with van der Waals surface area (Å²) < 4.78 is 11.8. The largest absolute Gasteiger partial charge is 0.493 e. The molecular formula is C25H24ClNO3S2. The first-order valence-electron chi connectivity index (χ1n) is 11.1. The maximum atomic E-state index is 12.2. The van der Waals surface area contributed by atoms with Gasteiger partial charge < -0.3 is 14.5 Å². The molecule has 2 aliphatic carbocycles. The van der Waals surface area contributed by atoms with Crippen molar-refractivity contribution in [3.63, 3.8) is 0 Å². The molecule has 2 heterocycles. The normalized spacial score (nSPS) is 27.8. The molecule has 1 N–H and O–H groups in total. The monoisotopic (exact) mass is 485 g/mol. The van der Waals surface area contributed by atoms with E-state index < -0.39 is 0 Å². The van der Waals surface area contributed by atoms with Crippen LogP contribution in [0.4, 0.5) is 0 Å². The zero-order chi connectivity index (χ0) is 21.8. The highest BCUT2D eigenvalue weighted by atomic mass is 35.5. The van der Waals surface area contributed by atoms with Crippen LogP contribution < -0.4 is 14.3 Å². The summed E-state index contributed by atoms with van der Waals surface area (Å²) in [5.74, 6) is 3.79. The number of methoxy groups -OCH3 is 1. The lowest BCUT2D eigenvalue weighted by Crippen LogP contribution is -2.33. The van der Waals surface area contributed by atoms with Crippen molar-refractivity contribution in [2.75, 3.05) is 7.11 Å². The molecule has 166 valence electrons. The highest BCUT2D eigenvalue weighted by Gasteiger charge is 2.54. The number of thioether (sulfide) groups is 1. The van der Waals surface area contributed by atoms with Gasteiger partial charge in [0, 0.05) is 21.1 Å². The minimum atomic E-state index is 0.0493. The predicted molar refractivity (Wildman–Crippen MR) is 130 cm³/mol. The lowest BCUT2D eigenvalue weighted by atomic mass is 9.75. The third-order valence-corrected chi connectivity index (χ3v) is 10.2. The van der Waals surface area contributed by atoms with E-state index in [2.05, 4.69) is 17.1 Å². The van der Waals surface area contributed by atoms with Gasteiger partial charge in [0.1, 0.15) is 6.61 Å². The zero-order valence-electron chi connectivity index (χ0n) is 17.7. The second-order valence-corrected chi connectivity index (χ2v) is 11.6. The summed E-state index contributed by atoms with van der Waals surface area (Å²) in [5.41, 5.74) is 2.23. The second-order valence-electron chi connectivity index (χ2n) is 9.01. The van der Waals surface area contributed by atoms with E-state index in [0.29, 0.717) is 28.5 Å². The fraction of sp³-hybridized carbons (Fsp3) is 0.400. The van der Waals surface area contributed by atoms with Crippen molar-refractivity contribution in [1.29, 1.82) is 0 Å². The van der Waals surface area contributed by atoms with E-state index >= 15 is 0 Å². The number of halogens is 1. The molecule has 7 heteroatoms. The molecule has 1 aliphatic heterocycles. The van der Waals surface area contributed by atoms with Crippen molar-refractivity contribution in [3.8, 4) is 11.5 Å². The molecule has 1 aromatic heterocycles. The van der Waals surface area contributed by atoms with Gasteiger partial charge in [-0.2, -0.15) is 0 Å². The van der Waals surface area contributed by atoms with Crippen molar-refractivity contribution < 1.29 is 9.47 Å². The molecule has 6 rings (SSSR count). The highest BCUT2D eigenvalue weighted by molar-refractivity contribution is 8.00. The summed E-state index contributed by atoms with van der Waals surface area (Å²) in [6.45, 7) is 0.425. The van der Waals surface area contributed by atoms with Crippen molar-refractivity contribution in [1.82, 2.24) is 4.98 Å². The Morgan fingerprint density at radius 3 is 2.84 bits per heavy atom. The summed E-state index contributed by atoms with van der Waals surface area (Å²) in [6, 6.07) is 14.0. The molecule has 0 radical (unpaired) electrons. The molecule has 5 atom stereocenters. The molecule has 2 saturated carbocycles. The standard InChI is InChI=1S/C25H24ClNO3S2/c1-29-19-11-15(7-8-18(19)30-12-13-3-2-4-17(26)9-13)21-20-14-5-6-16(10-14)22(20)31-24-23(21)32-25(28)27-24/h2-4,7-9,11,14,16,20-22H,5-6,10,12H2,1H3,(H,27,28)/t14-,16-,20-,21+,22+/m1/s1. The van der Waals surface area contributed by atoms with Crippen LogP contribution in [-0.2, 0) is 6.61 Å². The van der Waals surface area contributed by atoms with E-state index in [9.17, 15) is 4.79 Å². The van der Waals surface area contributed by atoms with Crippen LogP contribution >= 0.6 is 34.7 Å². The molecule has 3 aliphatic rings. The molecule has 2 fully saturated rings. The Morgan fingerprint density at radius 2 is 2.00 bits per heavy atom. The number of benzene rings is 2. The van der Waals surface area contributed by atoms with Gasteiger partial charge in [0.25, 0.3) is 0 Å². The highest BCUT2D eigenvalue weighted by Crippen LogP contribution is 2.63. The molecule has 4 nitrogen and oxygen atoms in total. The molecule has 0 amide bonds. The quantitative estimate of drug-likeness (QED) is 0.458. The van der Waals surface area contributed by atoms with Crippen LogP contribution in [-0.4, -0.2) is 17.3 Å². The Labute approximate surface area is 200 Å². The smallest absolute Gasteiger partial charge is 0.305 e.